The third-order valence-electron chi connectivity index (χ3n) is 2.76. The van der Waals surface area contributed by atoms with Crippen LogP contribution in [0.4, 0.5) is 17.2 Å². The van der Waals surface area contributed by atoms with Crippen LogP contribution in [0.1, 0.15) is 10.4 Å². The molecule has 0 amide bonds. The lowest BCUT2D eigenvalue weighted by Gasteiger charge is -2.18. The number of hydrogen-bond donors (Lipinski definition) is 1. The Morgan fingerprint density at radius 2 is 1.95 bits per heavy atom. The highest BCUT2D eigenvalue weighted by molar-refractivity contribution is 6.31. The van der Waals surface area contributed by atoms with Gasteiger partial charge in [-0.15, -0.1) is 0 Å². The van der Waals surface area contributed by atoms with Crippen LogP contribution < -0.4 is 4.90 Å². The molecule has 0 radical (unpaired) electrons. The number of halogens is 1. The molecule has 0 aliphatic heterocycles. The zero-order valence-electron chi connectivity index (χ0n) is 10.7. The number of aromatic carboxylic acids is 1. The van der Waals surface area contributed by atoms with Crippen molar-refractivity contribution in [3.63, 3.8) is 0 Å². The molecule has 21 heavy (non-hydrogen) atoms. The zero-order chi connectivity index (χ0) is 15.6. The molecular weight excluding hydrogens is 300 g/mol. The molecule has 0 saturated heterocycles. The van der Waals surface area contributed by atoms with E-state index in [1.54, 1.807) is 7.05 Å². The molecular formula is C12H9ClN4O4. The molecule has 8 nitrogen and oxygen atoms in total. The van der Waals surface area contributed by atoms with Gasteiger partial charge in [-0.3, -0.25) is 10.1 Å². The summed E-state index contributed by atoms with van der Waals surface area (Å²) >= 11 is 5.73. The molecule has 1 heterocycles. The Morgan fingerprint density at radius 1 is 1.33 bits per heavy atom. The first-order chi connectivity index (χ1) is 9.91. The highest BCUT2D eigenvalue weighted by Gasteiger charge is 2.25. The maximum atomic E-state index is 11.1. The zero-order valence-corrected chi connectivity index (χ0v) is 11.5. The van der Waals surface area contributed by atoms with E-state index in [0.717, 1.165) is 6.33 Å². The Labute approximate surface area is 123 Å². The van der Waals surface area contributed by atoms with Crippen LogP contribution in [0.5, 0.6) is 0 Å². The summed E-state index contributed by atoms with van der Waals surface area (Å²) in [5.74, 6) is -1.04. The molecule has 2 rings (SSSR count). The van der Waals surface area contributed by atoms with Gasteiger partial charge in [0.15, 0.2) is 0 Å². The Balaban J connectivity index is 2.45. The summed E-state index contributed by atoms with van der Waals surface area (Å²) in [7, 11) is 1.56. The topological polar surface area (TPSA) is 109 Å². The SMILES string of the molecule is CN(c1ccc(C(=O)O)cc1)c1ncnc(Cl)c1[N+](=O)[O-]. The van der Waals surface area contributed by atoms with E-state index in [-0.39, 0.29) is 16.5 Å². The first kappa shape index (κ1) is 14.7. The maximum Gasteiger partial charge on any atom is 0.348 e. The quantitative estimate of drug-likeness (QED) is 0.525. The van der Waals surface area contributed by atoms with Crippen LogP contribution in [0, 0.1) is 10.1 Å². The lowest BCUT2D eigenvalue weighted by molar-refractivity contribution is -0.384. The van der Waals surface area contributed by atoms with Gasteiger partial charge in [-0.1, -0.05) is 11.6 Å². The van der Waals surface area contributed by atoms with Gasteiger partial charge >= 0.3 is 11.7 Å². The molecule has 1 aromatic carbocycles. The molecule has 0 saturated carbocycles. The van der Waals surface area contributed by atoms with Crippen molar-refractivity contribution in [1.82, 2.24) is 9.97 Å². The number of hydrogen-bond acceptors (Lipinski definition) is 6. The molecule has 0 bridgehead atoms. The molecule has 0 spiro atoms. The van der Waals surface area contributed by atoms with Crippen molar-refractivity contribution < 1.29 is 14.8 Å². The maximum absolute atomic E-state index is 11.1. The summed E-state index contributed by atoms with van der Waals surface area (Å²) in [5, 5.41) is 19.6. The van der Waals surface area contributed by atoms with Gasteiger partial charge in [-0.25, -0.2) is 14.8 Å². The number of aromatic nitrogens is 2. The monoisotopic (exact) mass is 308 g/mol. The van der Waals surface area contributed by atoms with Crippen molar-refractivity contribution in [2.75, 3.05) is 11.9 Å². The van der Waals surface area contributed by atoms with Gasteiger partial charge < -0.3 is 10.0 Å². The van der Waals surface area contributed by atoms with E-state index in [1.807, 2.05) is 0 Å². The van der Waals surface area contributed by atoms with Gasteiger partial charge in [-0.05, 0) is 24.3 Å². The molecule has 0 fully saturated rings. The number of nitrogens with zero attached hydrogens (tertiary/aromatic N) is 4. The number of rotatable bonds is 4. The number of carboxylic acid groups (broad SMARTS) is 1. The molecule has 0 aliphatic carbocycles. The summed E-state index contributed by atoms with van der Waals surface area (Å²) in [6.07, 6.45) is 1.12. The van der Waals surface area contributed by atoms with Crippen molar-refractivity contribution in [3.05, 3.63) is 51.4 Å². The Bertz CT molecular complexity index is 705. The van der Waals surface area contributed by atoms with E-state index in [2.05, 4.69) is 9.97 Å². The predicted octanol–water partition coefficient (Wildman–Crippen LogP) is 2.50. The van der Waals surface area contributed by atoms with Crippen LogP contribution in [0.25, 0.3) is 0 Å². The second kappa shape index (κ2) is 5.71. The van der Waals surface area contributed by atoms with Crippen molar-refractivity contribution in [2.24, 2.45) is 0 Å². The fourth-order valence-corrected chi connectivity index (χ4v) is 1.90. The molecule has 0 unspecified atom stereocenters. The van der Waals surface area contributed by atoms with E-state index in [4.69, 9.17) is 16.7 Å². The standard InChI is InChI=1S/C12H9ClN4O4/c1-16(8-4-2-7(3-5-8)12(18)19)11-9(17(20)21)10(13)14-6-15-11/h2-6H,1H3,(H,18,19). The number of carboxylic acids is 1. The van der Waals surface area contributed by atoms with E-state index < -0.39 is 16.6 Å². The van der Waals surface area contributed by atoms with Gasteiger partial charge in [0.05, 0.1) is 10.5 Å². The third kappa shape index (κ3) is 2.90. The average Bonchev–Trinajstić information content (AvgIpc) is 2.46. The van der Waals surface area contributed by atoms with E-state index >= 15 is 0 Å². The van der Waals surface area contributed by atoms with Gasteiger partial charge in [0, 0.05) is 12.7 Å². The van der Waals surface area contributed by atoms with Crippen LogP contribution in [0.15, 0.2) is 30.6 Å². The summed E-state index contributed by atoms with van der Waals surface area (Å²) in [4.78, 5) is 30.1. The average molecular weight is 309 g/mol. The van der Waals surface area contributed by atoms with Gasteiger partial charge in [0.1, 0.15) is 6.33 Å². The normalized spacial score (nSPS) is 10.2. The van der Waals surface area contributed by atoms with Crippen LogP contribution in [-0.4, -0.2) is 33.0 Å². The number of anilines is 2. The first-order valence-corrected chi connectivity index (χ1v) is 6.01. The van der Waals surface area contributed by atoms with Gasteiger partial charge in [0.2, 0.25) is 11.0 Å². The predicted molar refractivity (Wildman–Crippen MR) is 75.2 cm³/mol. The second-order valence-corrected chi connectivity index (χ2v) is 4.36. The fourth-order valence-electron chi connectivity index (χ4n) is 1.70. The lowest BCUT2D eigenvalue weighted by atomic mass is 10.2. The van der Waals surface area contributed by atoms with Crippen molar-refractivity contribution in [3.8, 4) is 0 Å². The Kier molecular flexibility index (Phi) is 3.99. The van der Waals surface area contributed by atoms with Crippen molar-refractivity contribution in [2.45, 2.75) is 0 Å². The number of nitro groups is 1. The van der Waals surface area contributed by atoms with Crippen LogP contribution in [0.2, 0.25) is 5.15 Å². The molecule has 108 valence electrons. The minimum absolute atomic E-state index is 0.0167. The molecule has 1 N–H and O–H groups in total. The second-order valence-electron chi connectivity index (χ2n) is 4.00. The lowest BCUT2D eigenvalue weighted by Crippen LogP contribution is -2.14. The summed E-state index contributed by atoms with van der Waals surface area (Å²) in [5.41, 5.74) is 0.226. The number of carbonyl (C=O) groups is 1. The Morgan fingerprint density at radius 3 is 2.48 bits per heavy atom. The number of benzene rings is 1. The van der Waals surface area contributed by atoms with Crippen LogP contribution in [0.3, 0.4) is 0 Å². The fraction of sp³-hybridized carbons (Fsp3) is 0.0833. The van der Waals surface area contributed by atoms with Crippen molar-refractivity contribution >= 4 is 34.8 Å². The molecule has 0 atom stereocenters. The van der Waals surface area contributed by atoms with Crippen LogP contribution >= 0.6 is 11.6 Å². The highest BCUT2D eigenvalue weighted by Crippen LogP contribution is 2.34. The molecule has 1 aromatic heterocycles. The summed E-state index contributed by atoms with van der Waals surface area (Å²) < 4.78 is 0. The first-order valence-electron chi connectivity index (χ1n) is 5.63. The van der Waals surface area contributed by atoms with Gasteiger partial charge in [0.25, 0.3) is 0 Å². The summed E-state index contributed by atoms with van der Waals surface area (Å²) in [6.45, 7) is 0. The van der Waals surface area contributed by atoms with E-state index in [1.165, 1.54) is 29.2 Å². The molecule has 0 aliphatic rings. The molecule has 2 aromatic rings. The third-order valence-corrected chi connectivity index (χ3v) is 3.04. The molecule has 9 heteroatoms. The summed E-state index contributed by atoms with van der Waals surface area (Å²) in [6, 6.07) is 5.82. The van der Waals surface area contributed by atoms with Gasteiger partial charge in [-0.2, -0.15) is 0 Å². The largest absolute Gasteiger partial charge is 0.478 e. The highest BCUT2D eigenvalue weighted by atomic mass is 35.5. The van der Waals surface area contributed by atoms with E-state index in [9.17, 15) is 14.9 Å². The smallest absolute Gasteiger partial charge is 0.348 e. The van der Waals surface area contributed by atoms with Crippen molar-refractivity contribution in [1.29, 1.82) is 0 Å². The van der Waals surface area contributed by atoms with Crippen LogP contribution in [-0.2, 0) is 0 Å². The Hall–Kier alpha value is -2.74. The van der Waals surface area contributed by atoms with E-state index in [0.29, 0.717) is 5.69 Å². The minimum Gasteiger partial charge on any atom is -0.478 e. The minimum atomic E-state index is -1.06.